The number of rotatable bonds is 3. The summed E-state index contributed by atoms with van der Waals surface area (Å²) >= 11 is 0. The van der Waals surface area contributed by atoms with E-state index in [0.717, 1.165) is 19.4 Å². The molecule has 0 bridgehead atoms. The highest BCUT2D eigenvalue weighted by Gasteiger charge is 2.60. The highest BCUT2D eigenvalue weighted by atomic mass is 16.5. The fourth-order valence-electron chi connectivity index (χ4n) is 4.30. The lowest BCUT2D eigenvalue weighted by atomic mass is 9.76. The molecule has 0 aromatic carbocycles. The summed E-state index contributed by atoms with van der Waals surface area (Å²) < 4.78 is 12.0. The van der Waals surface area contributed by atoms with Gasteiger partial charge in [0.25, 0.3) is 0 Å². The Morgan fingerprint density at radius 1 is 1.26 bits per heavy atom. The largest absolute Gasteiger partial charge is 0.377 e. The van der Waals surface area contributed by atoms with E-state index >= 15 is 0 Å². The highest BCUT2D eigenvalue weighted by Crippen LogP contribution is 2.48. The van der Waals surface area contributed by atoms with Gasteiger partial charge in [-0.15, -0.1) is 0 Å². The summed E-state index contributed by atoms with van der Waals surface area (Å²) in [7, 11) is 2.19. The van der Waals surface area contributed by atoms with Crippen LogP contribution < -0.4 is 5.73 Å². The Kier molecular flexibility index (Phi) is 3.76. The molecular formula is C15H30N2O2. The molecule has 0 aliphatic carbocycles. The van der Waals surface area contributed by atoms with Gasteiger partial charge < -0.3 is 15.2 Å². The second-order valence-electron chi connectivity index (χ2n) is 7.33. The maximum Gasteiger partial charge on any atom is 0.0830 e. The van der Waals surface area contributed by atoms with Crippen LogP contribution in [0.2, 0.25) is 0 Å². The van der Waals surface area contributed by atoms with Gasteiger partial charge in [-0.3, -0.25) is 4.90 Å². The van der Waals surface area contributed by atoms with Crippen molar-refractivity contribution < 1.29 is 9.47 Å². The van der Waals surface area contributed by atoms with Crippen molar-refractivity contribution in [1.29, 1.82) is 0 Å². The molecular weight excluding hydrogens is 240 g/mol. The van der Waals surface area contributed by atoms with Gasteiger partial charge in [-0.05, 0) is 54.5 Å². The number of hydrogen-bond donors (Lipinski definition) is 1. The zero-order chi connectivity index (χ0) is 14.5. The molecule has 3 unspecified atom stereocenters. The molecule has 2 fully saturated rings. The zero-order valence-corrected chi connectivity index (χ0v) is 13.3. The fraction of sp³-hybridized carbons (Fsp3) is 1.00. The fourth-order valence-corrected chi connectivity index (χ4v) is 4.30. The van der Waals surface area contributed by atoms with E-state index < -0.39 is 0 Å². The van der Waals surface area contributed by atoms with Gasteiger partial charge in [0.15, 0.2) is 0 Å². The van der Waals surface area contributed by atoms with Crippen LogP contribution in [0.15, 0.2) is 0 Å². The first kappa shape index (κ1) is 15.2. The number of likely N-dealkylation sites (N-methyl/N-ethyl adjacent to an activating group) is 1. The van der Waals surface area contributed by atoms with Crippen LogP contribution in [0.1, 0.15) is 47.5 Å². The summed E-state index contributed by atoms with van der Waals surface area (Å²) in [6.45, 7) is 12.3. The molecule has 0 aromatic heterocycles. The molecule has 0 amide bonds. The minimum absolute atomic E-state index is 0.122. The van der Waals surface area contributed by atoms with Gasteiger partial charge in [0, 0.05) is 19.2 Å². The molecule has 0 saturated carbocycles. The molecule has 112 valence electrons. The van der Waals surface area contributed by atoms with E-state index in [1.807, 2.05) is 0 Å². The van der Waals surface area contributed by atoms with E-state index in [9.17, 15) is 0 Å². The quantitative estimate of drug-likeness (QED) is 0.849. The molecule has 19 heavy (non-hydrogen) atoms. The highest BCUT2D eigenvalue weighted by molar-refractivity contribution is 5.14. The minimum Gasteiger partial charge on any atom is -0.377 e. The molecule has 4 nitrogen and oxygen atoms in total. The molecule has 2 aliphatic heterocycles. The lowest BCUT2D eigenvalue weighted by Gasteiger charge is -2.49. The third kappa shape index (κ3) is 2.33. The molecule has 2 heterocycles. The van der Waals surface area contributed by atoms with Crippen molar-refractivity contribution in [2.45, 2.75) is 76.3 Å². The second kappa shape index (κ2) is 4.69. The van der Waals surface area contributed by atoms with Crippen LogP contribution in [-0.4, -0.2) is 54.0 Å². The lowest BCUT2D eigenvalue weighted by molar-refractivity contribution is -0.109. The van der Waals surface area contributed by atoms with E-state index in [1.54, 1.807) is 0 Å². The predicted molar refractivity (Wildman–Crippen MR) is 77.2 cm³/mol. The Hall–Kier alpha value is -0.160. The third-order valence-corrected chi connectivity index (χ3v) is 5.22. The van der Waals surface area contributed by atoms with E-state index in [1.165, 1.54) is 0 Å². The summed E-state index contributed by atoms with van der Waals surface area (Å²) in [6, 6.07) is 0.431. The first-order valence-electron chi connectivity index (χ1n) is 7.40. The Morgan fingerprint density at radius 3 is 2.26 bits per heavy atom. The summed E-state index contributed by atoms with van der Waals surface area (Å²) in [6.07, 6.45) is 2.31. The summed E-state index contributed by atoms with van der Waals surface area (Å²) in [5.74, 6) is 0. The predicted octanol–water partition coefficient (Wildman–Crippen LogP) is 1.77. The molecule has 0 radical (unpaired) electrons. The SMILES string of the molecule is CC1OCCC1N(C)C1(CN)CC(C)(C)OC1(C)C. The molecule has 2 aliphatic rings. The number of nitrogens with zero attached hydrogens (tertiary/aromatic N) is 1. The molecule has 4 heteroatoms. The first-order valence-corrected chi connectivity index (χ1v) is 7.40. The van der Waals surface area contributed by atoms with E-state index in [2.05, 4.69) is 46.6 Å². The lowest BCUT2D eigenvalue weighted by Crippen LogP contribution is -2.65. The van der Waals surface area contributed by atoms with Crippen molar-refractivity contribution in [2.75, 3.05) is 20.2 Å². The van der Waals surface area contributed by atoms with Crippen molar-refractivity contribution in [3.63, 3.8) is 0 Å². The Balaban J connectivity index is 2.32. The van der Waals surface area contributed by atoms with Gasteiger partial charge >= 0.3 is 0 Å². The number of ether oxygens (including phenoxy) is 2. The Bertz CT molecular complexity index is 343. The van der Waals surface area contributed by atoms with Gasteiger partial charge in [0.1, 0.15) is 0 Å². The first-order chi connectivity index (χ1) is 8.65. The molecule has 0 aromatic rings. The van der Waals surface area contributed by atoms with Crippen LogP contribution in [0.4, 0.5) is 0 Å². The smallest absolute Gasteiger partial charge is 0.0830 e. The molecule has 0 spiro atoms. The van der Waals surface area contributed by atoms with Crippen molar-refractivity contribution >= 4 is 0 Å². The maximum absolute atomic E-state index is 6.30. The minimum atomic E-state index is -0.248. The van der Waals surface area contributed by atoms with Gasteiger partial charge in [0.05, 0.1) is 22.8 Å². The van der Waals surface area contributed by atoms with Gasteiger partial charge in [-0.1, -0.05) is 0 Å². The van der Waals surface area contributed by atoms with Gasteiger partial charge in [0.2, 0.25) is 0 Å². The second-order valence-corrected chi connectivity index (χ2v) is 7.33. The van der Waals surface area contributed by atoms with Crippen LogP contribution in [0.3, 0.4) is 0 Å². The van der Waals surface area contributed by atoms with E-state index in [4.69, 9.17) is 15.2 Å². The van der Waals surface area contributed by atoms with Crippen LogP contribution in [-0.2, 0) is 9.47 Å². The summed E-state index contributed by atoms with van der Waals surface area (Å²) in [5, 5.41) is 0. The Morgan fingerprint density at radius 2 is 1.89 bits per heavy atom. The topological polar surface area (TPSA) is 47.7 Å². The van der Waals surface area contributed by atoms with Crippen LogP contribution in [0.25, 0.3) is 0 Å². The van der Waals surface area contributed by atoms with Crippen molar-refractivity contribution in [3.8, 4) is 0 Å². The van der Waals surface area contributed by atoms with Gasteiger partial charge in [-0.25, -0.2) is 0 Å². The average Bonchev–Trinajstić information content (AvgIpc) is 2.76. The average molecular weight is 270 g/mol. The van der Waals surface area contributed by atoms with Crippen LogP contribution in [0.5, 0.6) is 0 Å². The van der Waals surface area contributed by atoms with E-state index in [-0.39, 0.29) is 22.8 Å². The summed E-state index contributed by atoms with van der Waals surface area (Å²) in [4.78, 5) is 2.44. The van der Waals surface area contributed by atoms with Crippen molar-refractivity contribution in [1.82, 2.24) is 4.90 Å². The van der Waals surface area contributed by atoms with Crippen molar-refractivity contribution in [2.24, 2.45) is 5.73 Å². The van der Waals surface area contributed by atoms with E-state index in [0.29, 0.717) is 12.6 Å². The standard InChI is InChI=1S/C15H30N2O2/c1-11-12(7-8-18-11)17(6)15(10-16)9-13(2,3)19-14(15,4)5/h11-12H,7-10,16H2,1-6H3. The molecule has 3 atom stereocenters. The number of nitrogens with two attached hydrogens (primary N) is 1. The van der Waals surface area contributed by atoms with Crippen molar-refractivity contribution in [3.05, 3.63) is 0 Å². The van der Waals surface area contributed by atoms with Crippen LogP contribution >= 0.6 is 0 Å². The molecule has 2 rings (SSSR count). The molecule has 2 N–H and O–H groups in total. The normalized spacial score (nSPS) is 41.1. The zero-order valence-electron chi connectivity index (χ0n) is 13.3. The monoisotopic (exact) mass is 270 g/mol. The van der Waals surface area contributed by atoms with Crippen LogP contribution in [0, 0.1) is 0 Å². The maximum atomic E-state index is 6.30. The molecule has 2 saturated heterocycles. The third-order valence-electron chi connectivity index (χ3n) is 5.22. The Labute approximate surface area is 117 Å². The number of hydrogen-bond acceptors (Lipinski definition) is 4. The summed E-state index contributed by atoms with van der Waals surface area (Å²) in [5.41, 5.74) is 5.72. The van der Waals surface area contributed by atoms with Gasteiger partial charge in [-0.2, -0.15) is 0 Å².